The Morgan fingerprint density at radius 1 is 1.10 bits per heavy atom. The smallest absolute Gasteiger partial charge is 0.242 e. The summed E-state index contributed by atoms with van der Waals surface area (Å²) in [5.74, 6) is 0.719. The Bertz CT molecular complexity index is 847. The highest BCUT2D eigenvalue weighted by Gasteiger charge is 2.28. The van der Waals surface area contributed by atoms with Gasteiger partial charge in [0.2, 0.25) is 11.8 Å². The van der Waals surface area contributed by atoms with Crippen LogP contribution in [0.4, 0.5) is 0 Å². The minimum absolute atomic E-state index is 0.0211. The van der Waals surface area contributed by atoms with Crippen LogP contribution >= 0.6 is 0 Å². The third kappa shape index (κ3) is 7.12. The van der Waals surface area contributed by atoms with Crippen LogP contribution in [0, 0.1) is 6.92 Å². The molecule has 0 radical (unpaired) electrons. The summed E-state index contributed by atoms with van der Waals surface area (Å²) in [6.07, 6.45) is 5.33. The van der Waals surface area contributed by atoms with Gasteiger partial charge < -0.3 is 15.0 Å². The van der Waals surface area contributed by atoms with Crippen LogP contribution in [0.1, 0.15) is 56.6 Å². The number of hydrogen-bond acceptors (Lipinski definition) is 3. The molecular weight excluding hydrogens is 388 g/mol. The highest BCUT2D eigenvalue weighted by Crippen LogP contribution is 2.19. The third-order valence-electron chi connectivity index (χ3n) is 5.85. The first-order valence-corrected chi connectivity index (χ1v) is 11.4. The van der Waals surface area contributed by atoms with Crippen LogP contribution in [-0.2, 0) is 16.1 Å². The molecule has 31 heavy (non-hydrogen) atoms. The van der Waals surface area contributed by atoms with Crippen LogP contribution in [0.25, 0.3) is 0 Å². The van der Waals surface area contributed by atoms with E-state index in [1.807, 2.05) is 62.4 Å². The van der Waals surface area contributed by atoms with Gasteiger partial charge in [-0.05, 0) is 50.8 Å². The zero-order chi connectivity index (χ0) is 22.1. The van der Waals surface area contributed by atoms with E-state index in [4.69, 9.17) is 4.74 Å². The Kier molecular flexibility index (Phi) is 8.51. The van der Waals surface area contributed by atoms with Gasteiger partial charge in [-0.2, -0.15) is 0 Å². The lowest BCUT2D eigenvalue weighted by Crippen LogP contribution is -2.49. The number of rotatable bonds is 10. The zero-order valence-electron chi connectivity index (χ0n) is 18.7. The van der Waals surface area contributed by atoms with Gasteiger partial charge in [0.25, 0.3) is 0 Å². The van der Waals surface area contributed by atoms with E-state index in [0.717, 1.165) is 42.6 Å². The monoisotopic (exact) mass is 422 g/mol. The van der Waals surface area contributed by atoms with Gasteiger partial charge in [0.15, 0.2) is 0 Å². The van der Waals surface area contributed by atoms with E-state index < -0.39 is 6.04 Å². The molecule has 2 aromatic rings. The van der Waals surface area contributed by atoms with Crippen LogP contribution in [-0.4, -0.2) is 35.4 Å². The molecule has 0 spiro atoms. The van der Waals surface area contributed by atoms with Crippen molar-refractivity contribution in [1.82, 2.24) is 10.2 Å². The maximum atomic E-state index is 13.1. The standard InChI is InChI=1S/C26H34N2O3/c1-20-10-8-11-22(18-20)19-28(21(2)26(30)27-23-12-6-7-13-23)25(29)16-9-17-31-24-14-4-3-5-15-24/h3-5,8,10-11,14-15,18,21,23H,6-7,9,12-13,16-17,19H2,1-2H3,(H,27,30). The number of aryl methyl sites for hydroxylation is 1. The van der Waals surface area contributed by atoms with Gasteiger partial charge in [0.1, 0.15) is 11.8 Å². The molecule has 0 aromatic heterocycles. The quantitative estimate of drug-likeness (QED) is 0.568. The topological polar surface area (TPSA) is 58.6 Å². The van der Waals surface area contributed by atoms with Crippen LogP contribution in [0.3, 0.4) is 0 Å². The molecule has 2 amide bonds. The number of amides is 2. The Morgan fingerprint density at radius 2 is 1.84 bits per heavy atom. The number of carbonyl (C=O) groups is 2. The second-order valence-electron chi connectivity index (χ2n) is 8.44. The Labute approximate surface area is 185 Å². The van der Waals surface area contributed by atoms with Gasteiger partial charge in [-0.25, -0.2) is 0 Å². The molecule has 0 aliphatic heterocycles. The van der Waals surface area contributed by atoms with Crippen LogP contribution < -0.4 is 10.1 Å². The van der Waals surface area contributed by atoms with E-state index in [9.17, 15) is 9.59 Å². The van der Waals surface area contributed by atoms with Crippen LogP contribution in [0.5, 0.6) is 5.75 Å². The molecule has 5 heteroatoms. The molecule has 3 rings (SSSR count). The SMILES string of the molecule is Cc1cccc(CN(C(=O)CCCOc2ccccc2)C(C)C(=O)NC2CCCC2)c1. The summed E-state index contributed by atoms with van der Waals surface area (Å²) >= 11 is 0. The zero-order valence-corrected chi connectivity index (χ0v) is 18.7. The van der Waals surface area contributed by atoms with E-state index in [-0.39, 0.29) is 17.9 Å². The fraction of sp³-hybridized carbons (Fsp3) is 0.462. The number of benzene rings is 2. The van der Waals surface area contributed by atoms with E-state index in [0.29, 0.717) is 26.0 Å². The van der Waals surface area contributed by atoms with E-state index in [1.165, 1.54) is 0 Å². The van der Waals surface area contributed by atoms with E-state index >= 15 is 0 Å². The van der Waals surface area contributed by atoms with Gasteiger partial charge in [0.05, 0.1) is 6.61 Å². The number of nitrogens with zero attached hydrogens (tertiary/aromatic N) is 1. The molecular formula is C26H34N2O3. The molecule has 1 fully saturated rings. The molecule has 166 valence electrons. The average molecular weight is 423 g/mol. The minimum atomic E-state index is -0.511. The molecule has 5 nitrogen and oxygen atoms in total. The molecule has 0 bridgehead atoms. The van der Waals surface area contributed by atoms with Gasteiger partial charge >= 0.3 is 0 Å². The molecule has 2 aromatic carbocycles. The lowest BCUT2D eigenvalue weighted by molar-refractivity contribution is -0.141. The molecule has 1 aliphatic rings. The van der Waals surface area contributed by atoms with Crippen molar-refractivity contribution >= 4 is 11.8 Å². The van der Waals surface area contributed by atoms with Gasteiger partial charge in [-0.1, -0.05) is 60.9 Å². The molecule has 1 atom stereocenters. The predicted molar refractivity (Wildman–Crippen MR) is 123 cm³/mol. The maximum Gasteiger partial charge on any atom is 0.242 e. The Balaban J connectivity index is 1.60. The van der Waals surface area contributed by atoms with Crippen molar-refractivity contribution in [2.24, 2.45) is 0 Å². The lowest BCUT2D eigenvalue weighted by atomic mass is 10.1. The largest absolute Gasteiger partial charge is 0.494 e. The molecule has 1 unspecified atom stereocenters. The van der Waals surface area contributed by atoms with Crippen molar-refractivity contribution in [3.63, 3.8) is 0 Å². The highest BCUT2D eigenvalue weighted by molar-refractivity contribution is 5.87. The summed E-state index contributed by atoms with van der Waals surface area (Å²) in [6, 6.07) is 17.4. The fourth-order valence-corrected chi connectivity index (χ4v) is 4.06. The van der Waals surface area contributed by atoms with Crippen molar-refractivity contribution in [3.05, 3.63) is 65.7 Å². The molecule has 1 N–H and O–H groups in total. The van der Waals surface area contributed by atoms with Crippen molar-refractivity contribution in [2.75, 3.05) is 6.61 Å². The molecule has 0 heterocycles. The highest BCUT2D eigenvalue weighted by atomic mass is 16.5. The van der Waals surface area contributed by atoms with Crippen molar-refractivity contribution in [3.8, 4) is 5.75 Å². The lowest BCUT2D eigenvalue weighted by Gasteiger charge is -2.30. The summed E-state index contributed by atoms with van der Waals surface area (Å²) in [5.41, 5.74) is 2.18. The average Bonchev–Trinajstić information content (AvgIpc) is 3.28. The number of carbonyl (C=O) groups excluding carboxylic acids is 2. The van der Waals surface area contributed by atoms with E-state index in [2.05, 4.69) is 11.4 Å². The number of ether oxygens (including phenoxy) is 1. The number of para-hydroxylation sites is 1. The summed E-state index contributed by atoms with van der Waals surface area (Å²) < 4.78 is 5.72. The first-order chi connectivity index (χ1) is 15.0. The molecule has 1 saturated carbocycles. The summed E-state index contributed by atoms with van der Waals surface area (Å²) in [6.45, 7) is 4.77. The summed E-state index contributed by atoms with van der Waals surface area (Å²) in [7, 11) is 0. The number of hydrogen-bond donors (Lipinski definition) is 1. The van der Waals surface area contributed by atoms with Crippen molar-refractivity contribution in [2.45, 2.75) is 71.0 Å². The fourth-order valence-electron chi connectivity index (χ4n) is 4.06. The third-order valence-corrected chi connectivity index (χ3v) is 5.85. The van der Waals surface area contributed by atoms with Gasteiger partial charge in [-0.3, -0.25) is 9.59 Å². The van der Waals surface area contributed by atoms with Crippen LogP contribution in [0.2, 0.25) is 0 Å². The summed E-state index contributed by atoms with van der Waals surface area (Å²) in [4.78, 5) is 27.7. The number of nitrogens with one attached hydrogen (secondary N) is 1. The first-order valence-electron chi connectivity index (χ1n) is 11.4. The minimum Gasteiger partial charge on any atom is -0.494 e. The van der Waals surface area contributed by atoms with Crippen molar-refractivity contribution < 1.29 is 14.3 Å². The van der Waals surface area contributed by atoms with E-state index in [1.54, 1.807) is 4.90 Å². The normalized spacial score (nSPS) is 14.8. The molecule has 0 saturated heterocycles. The summed E-state index contributed by atoms with van der Waals surface area (Å²) in [5, 5.41) is 3.14. The van der Waals surface area contributed by atoms with Crippen molar-refractivity contribution in [1.29, 1.82) is 0 Å². The maximum absolute atomic E-state index is 13.1. The molecule has 1 aliphatic carbocycles. The second kappa shape index (κ2) is 11.5. The van der Waals surface area contributed by atoms with Gasteiger partial charge in [0, 0.05) is 19.0 Å². The second-order valence-corrected chi connectivity index (χ2v) is 8.44. The van der Waals surface area contributed by atoms with Crippen LogP contribution in [0.15, 0.2) is 54.6 Å². The Hall–Kier alpha value is -2.82. The van der Waals surface area contributed by atoms with Gasteiger partial charge in [-0.15, -0.1) is 0 Å². The predicted octanol–water partition coefficient (Wildman–Crippen LogP) is 4.63. The Morgan fingerprint density at radius 3 is 2.55 bits per heavy atom. The first kappa shape index (κ1) is 22.9.